The topological polar surface area (TPSA) is 171 Å². The van der Waals surface area contributed by atoms with E-state index in [-0.39, 0.29) is 39.9 Å². The first-order valence-electron chi connectivity index (χ1n) is 18.7. The summed E-state index contributed by atoms with van der Waals surface area (Å²) in [6.45, 7) is 9.98. The summed E-state index contributed by atoms with van der Waals surface area (Å²) in [7, 11) is -3.72. The zero-order chi connectivity index (χ0) is 36.9. The molecule has 0 aromatic heterocycles. The molecule has 0 spiro atoms. The number of Topliss-reactive ketones (excluding diaryl/α,β-unsaturated/α-hetero) is 1. The van der Waals surface area contributed by atoms with E-state index < -0.39 is 68.5 Å². The second kappa shape index (κ2) is 13.8. The number of urea groups is 1. The average molecular weight is 726 g/mol. The van der Waals surface area contributed by atoms with Crippen LogP contribution in [-0.2, 0) is 29.0 Å². The molecule has 6 rings (SSSR count). The highest BCUT2D eigenvalue weighted by molar-refractivity contribution is 7.91. The van der Waals surface area contributed by atoms with E-state index in [4.69, 9.17) is 0 Å². The number of carbonyl (C=O) groups excluding carboxylic acids is 5. The van der Waals surface area contributed by atoms with Crippen molar-refractivity contribution in [1.29, 1.82) is 0 Å². The maximum Gasteiger partial charge on any atom is 0.315 e. The van der Waals surface area contributed by atoms with Gasteiger partial charge in [0.1, 0.15) is 12.1 Å². The monoisotopic (exact) mass is 725 g/mol. The van der Waals surface area contributed by atoms with Crippen LogP contribution in [0, 0.1) is 28.6 Å². The van der Waals surface area contributed by atoms with E-state index in [1.165, 1.54) is 0 Å². The Morgan fingerprint density at radius 1 is 0.922 bits per heavy atom. The third-order valence-corrected chi connectivity index (χ3v) is 13.9. The Balaban J connectivity index is 1.19. The Morgan fingerprint density at radius 2 is 1.57 bits per heavy atom. The van der Waals surface area contributed by atoms with Gasteiger partial charge in [0.25, 0.3) is 5.91 Å². The van der Waals surface area contributed by atoms with Crippen molar-refractivity contribution in [2.75, 3.05) is 12.3 Å². The van der Waals surface area contributed by atoms with E-state index in [1.54, 1.807) is 35.2 Å². The number of hydrogen-bond acceptors (Lipinski definition) is 7. The molecule has 4 N–H and O–H groups in total. The normalized spacial score (nSPS) is 26.2. The van der Waals surface area contributed by atoms with Gasteiger partial charge in [-0.05, 0) is 72.8 Å². The van der Waals surface area contributed by atoms with Crippen LogP contribution in [0.15, 0.2) is 35.2 Å². The summed E-state index contributed by atoms with van der Waals surface area (Å²) in [6, 6.07) is 4.73. The standard InChI is InChI=1S/C38H55N5O7S/c1-36(2,3)31(41-35(48)42-38(18-10-7-11-19-38)22-51(49,50)25-12-8-6-9-13-25)34(47)43-21-26-28(37(26,4)5)29(43)32(45)40-27(20-23-14-15-23)30(44)33(46)39-24-16-17-24/h6,8-9,12-13,23-24,26-29,31H,7,10-11,14-22H2,1-5H3,(H,39,46)(H,40,45)(H2,41,42,48)/t26-,27?,28-,29-,31+/m0/s1. The lowest BCUT2D eigenvalue weighted by molar-refractivity contribution is -0.145. The van der Waals surface area contributed by atoms with Crippen LogP contribution in [0.5, 0.6) is 0 Å². The quantitative estimate of drug-likeness (QED) is 0.226. The number of hydrogen-bond donors (Lipinski definition) is 4. The van der Waals surface area contributed by atoms with Crippen molar-refractivity contribution in [2.24, 2.45) is 28.6 Å². The first-order valence-corrected chi connectivity index (χ1v) is 20.4. The molecule has 1 aliphatic heterocycles. The summed E-state index contributed by atoms with van der Waals surface area (Å²) >= 11 is 0. The highest BCUT2D eigenvalue weighted by Gasteiger charge is 2.70. The molecular formula is C38H55N5O7S. The fraction of sp³-hybridized carbons (Fsp3) is 0.711. The smallest absolute Gasteiger partial charge is 0.315 e. The zero-order valence-corrected chi connectivity index (χ0v) is 31.4. The Morgan fingerprint density at radius 3 is 2.16 bits per heavy atom. The minimum Gasteiger partial charge on any atom is -0.347 e. The number of nitrogens with zero attached hydrogens (tertiary/aromatic N) is 1. The molecule has 0 radical (unpaired) electrons. The SMILES string of the molecule is CC(C)(C)[C@H](NC(=O)NC1(CS(=O)(=O)c2ccccc2)CCCCC1)C(=O)N1C[C@H]2[C@@H]([C@H]1C(=O)NC(CC1CC1)C(=O)C(=O)NC1CC1)C2(C)C. The minimum atomic E-state index is -3.72. The van der Waals surface area contributed by atoms with Gasteiger partial charge in [-0.15, -0.1) is 0 Å². The average Bonchev–Trinajstić information content (AvgIpc) is 4.02. The summed E-state index contributed by atoms with van der Waals surface area (Å²) < 4.78 is 27.0. The second-order valence-electron chi connectivity index (χ2n) is 17.6. The molecule has 0 bridgehead atoms. The van der Waals surface area contributed by atoms with Crippen LogP contribution >= 0.6 is 0 Å². The van der Waals surface area contributed by atoms with Crippen LogP contribution in [0.25, 0.3) is 0 Å². The molecule has 1 saturated heterocycles. The predicted molar refractivity (Wildman–Crippen MR) is 191 cm³/mol. The van der Waals surface area contributed by atoms with Crippen LogP contribution in [0.4, 0.5) is 4.79 Å². The van der Waals surface area contributed by atoms with Crippen LogP contribution in [0.2, 0.25) is 0 Å². The van der Waals surface area contributed by atoms with Gasteiger partial charge >= 0.3 is 6.03 Å². The molecule has 5 atom stereocenters. The molecule has 5 fully saturated rings. The van der Waals surface area contributed by atoms with E-state index in [9.17, 15) is 32.4 Å². The molecule has 4 aliphatic carbocycles. The molecule has 5 amide bonds. The fourth-order valence-corrected chi connectivity index (χ4v) is 10.3. The second-order valence-corrected chi connectivity index (χ2v) is 19.5. The number of nitrogens with one attached hydrogen (secondary N) is 4. The number of sulfone groups is 1. The molecule has 280 valence electrons. The van der Waals surface area contributed by atoms with E-state index in [2.05, 4.69) is 35.1 Å². The Bertz CT molecular complexity index is 1640. The number of benzene rings is 1. The number of ketones is 1. The molecule has 1 heterocycles. The number of likely N-dealkylation sites (tertiary alicyclic amines) is 1. The van der Waals surface area contributed by atoms with Crippen LogP contribution < -0.4 is 21.3 Å². The van der Waals surface area contributed by atoms with Gasteiger partial charge in [0, 0.05) is 12.6 Å². The zero-order valence-electron chi connectivity index (χ0n) is 30.6. The highest BCUT2D eigenvalue weighted by Crippen LogP contribution is 2.65. The third-order valence-electron chi connectivity index (χ3n) is 11.9. The Labute approximate surface area is 301 Å². The number of amides is 5. The summed E-state index contributed by atoms with van der Waals surface area (Å²) in [5.74, 6) is -2.25. The number of fused-ring (bicyclic) bond motifs is 1. The van der Waals surface area contributed by atoms with Gasteiger partial charge in [0.15, 0.2) is 9.84 Å². The molecule has 1 aromatic rings. The molecule has 51 heavy (non-hydrogen) atoms. The molecule has 5 aliphatic rings. The first kappa shape index (κ1) is 37.3. The molecular weight excluding hydrogens is 671 g/mol. The first-order chi connectivity index (χ1) is 23.9. The Kier molecular flexibility index (Phi) is 10.1. The number of piperidine rings is 1. The van der Waals surface area contributed by atoms with E-state index in [0.29, 0.717) is 25.8 Å². The molecule has 12 nitrogen and oxygen atoms in total. The van der Waals surface area contributed by atoms with E-state index >= 15 is 0 Å². The minimum absolute atomic E-state index is 0.00924. The van der Waals surface area contributed by atoms with Crippen LogP contribution in [0.3, 0.4) is 0 Å². The van der Waals surface area contributed by atoms with Gasteiger partial charge in [0.05, 0.1) is 22.2 Å². The lowest BCUT2D eigenvalue weighted by atomic mass is 9.83. The van der Waals surface area contributed by atoms with Crippen molar-refractivity contribution in [1.82, 2.24) is 26.2 Å². The summed E-state index contributed by atoms with van der Waals surface area (Å²) in [5, 5.41) is 11.5. The number of rotatable bonds is 13. The Hall–Kier alpha value is -3.48. The summed E-state index contributed by atoms with van der Waals surface area (Å²) in [6.07, 6.45) is 7.40. The van der Waals surface area contributed by atoms with Crippen molar-refractivity contribution in [3.05, 3.63) is 30.3 Å². The van der Waals surface area contributed by atoms with E-state index in [1.807, 2.05) is 20.8 Å². The highest BCUT2D eigenvalue weighted by atomic mass is 32.2. The van der Waals surface area contributed by atoms with Gasteiger partial charge in [-0.25, -0.2) is 13.2 Å². The van der Waals surface area contributed by atoms with Gasteiger partial charge in [-0.3, -0.25) is 19.2 Å². The van der Waals surface area contributed by atoms with Crippen LogP contribution in [-0.4, -0.2) is 84.9 Å². The summed E-state index contributed by atoms with van der Waals surface area (Å²) in [4.78, 5) is 70.3. The van der Waals surface area contributed by atoms with E-state index in [0.717, 1.165) is 44.9 Å². The summed E-state index contributed by atoms with van der Waals surface area (Å²) in [5.41, 5.74) is -1.96. The van der Waals surface area contributed by atoms with Gasteiger partial charge in [-0.2, -0.15) is 0 Å². The largest absolute Gasteiger partial charge is 0.347 e. The van der Waals surface area contributed by atoms with Crippen molar-refractivity contribution in [2.45, 2.75) is 133 Å². The maximum atomic E-state index is 14.5. The van der Waals surface area contributed by atoms with Gasteiger partial charge < -0.3 is 26.2 Å². The van der Waals surface area contributed by atoms with Crippen molar-refractivity contribution >= 4 is 39.4 Å². The van der Waals surface area contributed by atoms with Crippen LogP contribution in [0.1, 0.15) is 98.8 Å². The van der Waals surface area contributed by atoms with Crippen molar-refractivity contribution in [3.63, 3.8) is 0 Å². The van der Waals surface area contributed by atoms with Gasteiger partial charge in [0.2, 0.25) is 17.6 Å². The van der Waals surface area contributed by atoms with Crippen molar-refractivity contribution < 1.29 is 32.4 Å². The molecule has 1 unspecified atom stereocenters. The van der Waals surface area contributed by atoms with Gasteiger partial charge in [-0.1, -0.05) is 84.9 Å². The third kappa shape index (κ3) is 8.28. The molecule has 4 saturated carbocycles. The number of carbonyl (C=O) groups is 5. The predicted octanol–water partition coefficient (Wildman–Crippen LogP) is 3.49. The van der Waals surface area contributed by atoms with Crippen molar-refractivity contribution in [3.8, 4) is 0 Å². The lowest BCUT2D eigenvalue weighted by Crippen LogP contribution is -2.64. The molecule has 13 heteroatoms. The lowest BCUT2D eigenvalue weighted by Gasteiger charge is -2.40. The fourth-order valence-electron chi connectivity index (χ4n) is 8.46. The molecule has 1 aromatic carbocycles. The maximum absolute atomic E-state index is 14.5.